The summed E-state index contributed by atoms with van der Waals surface area (Å²) < 4.78 is 0. The summed E-state index contributed by atoms with van der Waals surface area (Å²) in [6, 6.07) is 0.707. The van der Waals surface area contributed by atoms with Crippen LogP contribution in [0.5, 0.6) is 0 Å². The van der Waals surface area contributed by atoms with Crippen molar-refractivity contribution in [1.82, 2.24) is 10.9 Å². The smallest absolute Gasteiger partial charge is 0.0238 e. The van der Waals surface area contributed by atoms with Crippen LogP contribution in [0.25, 0.3) is 0 Å². The average Bonchev–Trinajstić information content (AvgIpc) is 1.94. The summed E-state index contributed by atoms with van der Waals surface area (Å²) in [7, 11) is 1.95. The van der Waals surface area contributed by atoms with E-state index in [1.165, 1.54) is 25.7 Å². The Morgan fingerprint density at radius 2 is 1.90 bits per heavy atom. The molecule has 2 atom stereocenters. The van der Waals surface area contributed by atoms with Crippen LogP contribution in [0, 0.1) is 5.92 Å². The fourth-order valence-corrected chi connectivity index (χ4v) is 1.72. The molecule has 1 rings (SSSR count). The van der Waals surface area contributed by atoms with E-state index in [2.05, 4.69) is 17.8 Å². The van der Waals surface area contributed by atoms with E-state index < -0.39 is 0 Å². The van der Waals surface area contributed by atoms with Gasteiger partial charge in [-0.1, -0.05) is 19.8 Å². The van der Waals surface area contributed by atoms with Crippen molar-refractivity contribution in [3.8, 4) is 0 Å². The van der Waals surface area contributed by atoms with Crippen LogP contribution >= 0.6 is 0 Å². The minimum atomic E-state index is 0.707. The Kier molecular flexibility index (Phi) is 3.16. The molecular weight excluding hydrogens is 124 g/mol. The molecule has 0 aromatic carbocycles. The topological polar surface area (TPSA) is 24.1 Å². The predicted molar refractivity (Wildman–Crippen MR) is 43.6 cm³/mol. The predicted octanol–water partition coefficient (Wildman–Crippen LogP) is 1.29. The first-order chi connectivity index (χ1) is 4.84. The van der Waals surface area contributed by atoms with E-state index in [1.807, 2.05) is 7.05 Å². The quantitative estimate of drug-likeness (QED) is 0.568. The first-order valence-electron chi connectivity index (χ1n) is 4.27. The van der Waals surface area contributed by atoms with Crippen LogP contribution in [0.3, 0.4) is 0 Å². The van der Waals surface area contributed by atoms with E-state index in [1.54, 1.807) is 0 Å². The molecule has 2 N–H and O–H groups in total. The average molecular weight is 142 g/mol. The molecule has 1 saturated carbocycles. The van der Waals surface area contributed by atoms with Crippen molar-refractivity contribution < 1.29 is 0 Å². The van der Waals surface area contributed by atoms with Gasteiger partial charge >= 0.3 is 0 Å². The van der Waals surface area contributed by atoms with Crippen molar-refractivity contribution >= 4 is 0 Å². The van der Waals surface area contributed by atoms with E-state index >= 15 is 0 Å². The van der Waals surface area contributed by atoms with Crippen molar-refractivity contribution in [1.29, 1.82) is 0 Å². The first-order valence-corrected chi connectivity index (χ1v) is 4.27. The van der Waals surface area contributed by atoms with Gasteiger partial charge in [-0.15, -0.1) is 0 Å². The minimum Gasteiger partial charge on any atom is -0.261 e. The molecule has 0 aliphatic heterocycles. The summed E-state index contributed by atoms with van der Waals surface area (Å²) in [6.07, 6.45) is 5.54. The molecule has 0 bridgehead atoms. The Balaban J connectivity index is 2.25. The van der Waals surface area contributed by atoms with Crippen LogP contribution in [0.2, 0.25) is 0 Å². The summed E-state index contributed by atoms with van der Waals surface area (Å²) in [4.78, 5) is 0. The van der Waals surface area contributed by atoms with Gasteiger partial charge in [0, 0.05) is 6.04 Å². The van der Waals surface area contributed by atoms with Gasteiger partial charge in [-0.3, -0.25) is 10.9 Å². The third-order valence-corrected chi connectivity index (χ3v) is 2.44. The van der Waals surface area contributed by atoms with E-state index in [0.29, 0.717) is 6.04 Å². The second kappa shape index (κ2) is 3.94. The van der Waals surface area contributed by atoms with Crippen molar-refractivity contribution in [2.45, 2.75) is 38.6 Å². The highest BCUT2D eigenvalue weighted by Gasteiger charge is 2.19. The van der Waals surface area contributed by atoms with Gasteiger partial charge in [0.1, 0.15) is 0 Å². The molecule has 2 heteroatoms. The van der Waals surface area contributed by atoms with Crippen LogP contribution in [-0.4, -0.2) is 13.1 Å². The van der Waals surface area contributed by atoms with Gasteiger partial charge in [0.15, 0.2) is 0 Å². The van der Waals surface area contributed by atoms with Crippen LogP contribution in [-0.2, 0) is 0 Å². The van der Waals surface area contributed by atoms with Crippen molar-refractivity contribution in [3.05, 3.63) is 0 Å². The van der Waals surface area contributed by atoms with Crippen LogP contribution in [0.15, 0.2) is 0 Å². The Bertz CT molecular complexity index is 91.3. The molecular formula is C8H18N2. The van der Waals surface area contributed by atoms with Gasteiger partial charge in [-0.2, -0.15) is 0 Å². The third kappa shape index (κ3) is 1.96. The molecule has 0 aromatic rings. The third-order valence-electron chi connectivity index (χ3n) is 2.44. The number of hydrogen-bond donors (Lipinski definition) is 2. The molecule has 0 unspecified atom stereocenters. The fourth-order valence-electron chi connectivity index (χ4n) is 1.72. The normalized spacial score (nSPS) is 34.2. The molecule has 0 amide bonds. The zero-order valence-electron chi connectivity index (χ0n) is 6.98. The van der Waals surface area contributed by atoms with Crippen molar-refractivity contribution in [2.75, 3.05) is 7.05 Å². The molecule has 10 heavy (non-hydrogen) atoms. The monoisotopic (exact) mass is 142 g/mol. The standard InChI is InChI=1S/C8H18N2/c1-7-5-3-4-6-8(7)10-9-2/h7-10H,3-6H2,1-2H3/t7-,8-/m0/s1. The lowest BCUT2D eigenvalue weighted by molar-refractivity contribution is 0.263. The summed E-state index contributed by atoms with van der Waals surface area (Å²) in [5, 5.41) is 0. The Morgan fingerprint density at radius 1 is 1.20 bits per heavy atom. The highest BCUT2D eigenvalue weighted by atomic mass is 15.3. The number of rotatable bonds is 2. The summed E-state index contributed by atoms with van der Waals surface area (Å²) in [5.41, 5.74) is 6.30. The maximum atomic E-state index is 3.28. The molecule has 1 fully saturated rings. The molecule has 60 valence electrons. The first kappa shape index (κ1) is 8.02. The second-order valence-electron chi connectivity index (χ2n) is 3.26. The largest absolute Gasteiger partial charge is 0.261 e. The Morgan fingerprint density at radius 3 is 2.50 bits per heavy atom. The Hall–Kier alpha value is -0.0800. The molecule has 2 nitrogen and oxygen atoms in total. The zero-order chi connectivity index (χ0) is 7.40. The molecule has 0 heterocycles. The van der Waals surface area contributed by atoms with Gasteiger partial charge in [0.25, 0.3) is 0 Å². The van der Waals surface area contributed by atoms with Crippen LogP contribution in [0.1, 0.15) is 32.6 Å². The fraction of sp³-hybridized carbons (Fsp3) is 1.00. The van der Waals surface area contributed by atoms with Gasteiger partial charge in [-0.05, 0) is 25.8 Å². The minimum absolute atomic E-state index is 0.707. The lowest BCUT2D eigenvalue weighted by Crippen LogP contribution is -2.43. The summed E-state index contributed by atoms with van der Waals surface area (Å²) in [5.74, 6) is 0.848. The number of nitrogens with one attached hydrogen (secondary N) is 2. The highest BCUT2D eigenvalue weighted by Crippen LogP contribution is 2.22. The van der Waals surface area contributed by atoms with Gasteiger partial charge in [-0.25, -0.2) is 0 Å². The van der Waals surface area contributed by atoms with Gasteiger partial charge < -0.3 is 0 Å². The van der Waals surface area contributed by atoms with Crippen molar-refractivity contribution in [2.24, 2.45) is 5.92 Å². The van der Waals surface area contributed by atoms with E-state index in [-0.39, 0.29) is 0 Å². The highest BCUT2D eigenvalue weighted by molar-refractivity contribution is 4.75. The van der Waals surface area contributed by atoms with E-state index in [9.17, 15) is 0 Å². The molecule has 1 aliphatic rings. The van der Waals surface area contributed by atoms with E-state index in [0.717, 1.165) is 5.92 Å². The zero-order valence-corrected chi connectivity index (χ0v) is 6.98. The number of hydrazine groups is 1. The summed E-state index contributed by atoms with van der Waals surface area (Å²) in [6.45, 7) is 2.33. The SMILES string of the molecule is CNN[C@H]1CCCC[C@@H]1C. The van der Waals surface area contributed by atoms with Crippen LogP contribution in [0.4, 0.5) is 0 Å². The van der Waals surface area contributed by atoms with Gasteiger partial charge in [0.05, 0.1) is 0 Å². The molecule has 0 aromatic heterocycles. The summed E-state index contributed by atoms with van der Waals surface area (Å²) >= 11 is 0. The van der Waals surface area contributed by atoms with E-state index in [4.69, 9.17) is 0 Å². The number of hydrogen-bond acceptors (Lipinski definition) is 2. The maximum absolute atomic E-state index is 3.28. The lowest BCUT2D eigenvalue weighted by atomic mass is 9.86. The molecule has 0 spiro atoms. The van der Waals surface area contributed by atoms with Crippen LogP contribution < -0.4 is 10.9 Å². The maximum Gasteiger partial charge on any atom is 0.0238 e. The van der Waals surface area contributed by atoms with Gasteiger partial charge in [0.2, 0.25) is 0 Å². The molecule has 1 aliphatic carbocycles. The van der Waals surface area contributed by atoms with Crippen molar-refractivity contribution in [3.63, 3.8) is 0 Å². The molecule has 0 radical (unpaired) electrons. The second-order valence-corrected chi connectivity index (χ2v) is 3.26. The Labute approximate surface area is 63.4 Å². The molecule has 0 saturated heterocycles. The lowest BCUT2D eigenvalue weighted by Gasteiger charge is -2.28.